The fraction of sp³-hybridized carbons (Fsp3) is 0.130. The molecule has 4 aromatic rings. The molecule has 0 saturated heterocycles. The van der Waals surface area contributed by atoms with E-state index in [1.807, 2.05) is 39.0 Å². The fourth-order valence-corrected chi connectivity index (χ4v) is 3.38. The average molecular weight is 397 g/mol. The number of nitriles is 1. The first-order chi connectivity index (χ1) is 14.5. The van der Waals surface area contributed by atoms with Gasteiger partial charge in [-0.05, 0) is 56.2 Å². The van der Waals surface area contributed by atoms with Crippen LogP contribution in [0.25, 0.3) is 16.7 Å². The van der Waals surface area contributed by atoms with Gasteiger partial charge >= 0.3 is 6.09 Å². The molecule has 4 rings (SSSR count). The number of para-hydroxylation sites is 1. The average Bonchev–Trinajstić information content (AvgIpc) is 3.11. The Hall–Kier alpha value is -4.18. The number of pyridine rings is 1. The first-order valence-corrected chi connectivity index (χ1v) is 9.37. The van der Waals surface area contributed by atoms with E-state index < -0.39 is 6.09 Å². The molecule has 0 bridgehead atoms. The van der Waals surface area contributed by atoms with Gasteiger partial charge in [-0.25, -0.2) is 9.78 Å². The van der Waals surface area contributed by atoms with Crippen molar-refractivity contribution in [2.24, 2.45) is 0 Å². The van der Waals surface area contributed by atoms with Gasteiger partial charge in [0.25, 0.3) is 0 Å². The van der Waals surface area contributed by atoms with Gasteiger partial charge in [0.1, 0.15) is 17.4 Å². The molecule has 2 aromatic carbocycles. The van der Waals surface area contributed by atoms with E-state index in [4.69, 9.17) is 9.72 Å². The number of benzene rings is 2. The van der Waals surface area contributed by atoms with E-state index in [2.05, 4.69) is 22.5 Å². The Morgan fingerprint density at radius 2 is 1.87 bits per heavy atom. The highest BCUT2D eigenvalue weighted by Crippen LogP contribution is 2.26. The third-order valence-electron chi connectivity index (χ3n) is 4.72. The fourth-order valence-electron chi connectivity index (χ4n) is 3.38. The summed E-state index contributed by atoms with van der Waals surface area (Å²) in [5.74, 6) is 1.10. The molecule has 0 aliphatic carbocycles. The Morgan fingerprint density at radius 3 is 2.60 bits per heavy atom. The number of rotatable bonds is 3. The predicted octanol–water partition coefficient (Wildman–Crippen LogP) is 4.83. The van der Waals surface area contributed by atoms with Gasteiger partial charge in [0, 0.05) is 5.39 Å². The van der Waals surface area contributed by atoms with Crippen molar-refractivity contribution in [3.05, 3.63) is 77.0 Å². The maximum absolute atomic E-state index is 12.4. The van der Waals surface area contributed by atoms with Crippen LogP contribution in [0.2, 0.25) is 0 Å². The number of aromatic nitrogens is 3. The summed E-state index contributed by atoms with van der Waals surface area (Å²) in [4.78, 5) is 17.1. The second-order valence-corrected chi connectivity index (χ2v) is 7.03. The number of aryl methyl sites for hydroxylation is 3. The van der Waals surface area contributed by atoms with Crippen LogP contribution in [0.3, 0.4) is 0 Å². The maximum atomic E-state index is 12.4. The van der Waals surface area contributed by atoms with Crippen molar-refractivity contribution < 1.29 is 9.53 Å². The zero-order valence-electron chi connectivity index (χ0n) is 16.8. The molecule has 1 N–H and O–H groups in total. The number of carbonyl (C=O) groups excluding carboxylic acids is 1. The highest BCUT2D eigenvalue weighted by Gasteiger charge is 2.18. The number of amides is 1. The lowest BCUT2D eigenvalue weighted by molar-refractivity contribution is 0.215. The Kier molecular flexibility index (Phi) is 4.90. The minimum absolute atomic E-state index is 0.203. The van der Waals surface area contributed by atoms with Crippen LogP contribution in [0.4, 0.5) is 10.6 Å². The standard InChI is InChI=1S/C23H19N5O2/c1-14-9-16(3)21-19(10-14)15(2)11-20(26-21)28-22(17(12-24)13-25-28)27-23(29)30-18-7-5-4-6-8-18/h4-11,13H,1-3H3,(H,27,29). The molecule has 0 aliphatic heterocycles. The molecule has 0 saturated carbocycles. The van der Waals surface area contributed by atoms with Crippen LogP contribution in [0.1, 0.15) is 22.3 Å². The number of hydrogen-bond donors (Lipinski definition) is 1. The second kappa shape index (κ2) is 7.68. The molecule has 0 aliphatic rings. The highest BCUT2D eigenvalue weighted by molar-refractivity contribution is 5.88. The molecule has 7 nitrogen and oxygen atoms in total. The van der Waals surface area contributed by atoms with Crippen LogP contribution < -0.4 is 10.1 Å². The lowest BCUT2D eigenvalue weighted by Crippen LogP contribution is -2.20. The second-order valence-electron chi connectivity index (χ2n) is 7.03. The molecular formula is C23H19N5O2. The summed E-state index contributed by atoms with van der Waals surface area (Å²) in [6, 6.07) is 16.8. The largest absolute Gasteiger partial charge is 0.418 e. The summed E-state index contributed by atoms with van der Waals surface area (Å²) in [6.07, 6.45) is 0.671. The molecule has 148 valence electrons. The molecular weight excluding hydrogens is 378 g/mol. The van der Waals surface area contributed by atoms with E-state index in [0.717, 1.165) is 27.6 Å². The van der Waals surface area contributed by atoms with Crippen molar-refractivity contribution in [3.63, 3.8) is 0 Å². The van der Waals surface area contributed by atoms with Gasteiger partial charge in [-0.3, -0.25) is 5.32 Å². The predicted molar refractivity (Wildman–Crippen MR) is 114 cm³/mol. The first kappa shape index (κ1) is 19.2. The van der Waals surface area contributed by atoms with Crippen molar-refractivity contribution in [1.82, 2.24) is 14.8 Å². The normalized spacial score (nSPS) is 10.6. The number of nitrogens with zero attached hydrogens (tertiary/aromatic N) is 4. The zero-order chi connectivity index (χ0) is 21.3. The molecule has 2 aromatic heterocycles. The van der Waals surface area contributed by atoms with Crippen LogP contribution >= 0.6 is 0 Å². The number of anilines is 1. The number of nitrogens with one attached hydrogen (secondary N) is 1. The molecule has 2 heterocycles. The summed E-state index contributed by atoms with van der Waals surface area (Å²) in [7, 11) is 0. The van der Waals surface area contributed by atoms with Gasteiger partial charge in [-0.1, -0.05) is 29.8 Å². The first-order valence-electron chi connectivity index (χ1n) is 9.37. The summed E-state index contributed by atoms with van der Waals surface area (Å²) in [5, 5.41) is 17.4. The molecule has 0 unspecified atom stereocenters. The minimum atomic E-state index is -0.719. The van der Waals surface area contributed by atoms with Gasteiger partial charge in [0.05, 0.1) is 11.7 Å². The number of hydrogen-bond acceptors (Lipinski definition) is 5. The summed E-state index contributed by atoms with van der Waals surface area (Å²) < 4.78 is 6.72. The maximum Gasteiger partial charge on any atom is 0.418 e. The van der Waals surface area contributed by atoms with Crippen molar-refractivity contribution in [2.45, 2.75) is 20.8 Å². The molecule has 30 heavy (non-hydrogen) atoms. The van der Waals surface area contributed by atoms with Gasteiger partial charge < -0.3 is 4.74 Å². The van der Waals surface area contributed by atoms with Gasteiger partial charge in [-0.15, -0.1) is 0 Å². The zero-order valence-corrected chi connectivity index (χ0v) is 16.8. The van der Waals surface area contributed by atoms with E-state index in [1.165, 1.54) is 10.9 Å². The smallest absolute Gasteiger partial charge is 0.410 e. The van der Waals surface area contributed by atoms with Crippen molar-refractivity contribution >= 4 is 22.8 Å². The summed E-state index contributed by atoms with van der Waals surface area (Å²) in [6.45, 7) is 6.05. The Balaban J connectivity index is 1.75. The molecule has 0 radical (unpaired) electrons. The van der Waals surface area contributed by atoms with Crippen LogP contribution in [-0.4, -0.2) is 20.9 Å². The Morgan fingerprint density at radius 1 is 1.10 bits per heavy atom. The lowest BCUT2D eigenvalue weighted by Gasteiger charge is -2.13. The van der Waals surface area contributed by atoms with E-state index in [0.29, 0.717) is 11.6 Å². The topological polar surface area (TPSA) is 92.8 Å². The van der Waals surface area contributed by atoms with Crippen LogP contribution in [0, 0.1) is 32.1 Å². The Bertz CT molecular complexity index is 1300. The third kappa shape index (κ3) is 3.59. The molecule has 0 spiro atoms. The summed E-state index contributed by atoms with van der Waals surface area (Å²) in [5.41, 5.74) is 4.28. The summed E-state index contributed by atoms with van der Waals surface area (Å²) >= 11 is 0. The molecule has 0 fully saturated rings. The van der Waals surface area contributed by atoms with Crippen LogP contribution in [-0.2, 0) is 0 Å². The number of ether oxygens (including phenoxy) is 1. The van der Waals surface area contributed by atoms with Gasteiger partial charge in [-0.2, -0.15) is 15.0 Å². The van der Waals surface area contributed by atoms with Gasteiger partial charge in [0.15, 0.2) is 11.6 Å². The van der Waals surface area contributed by atoms with E-state index in [1.54, 1.807) is 24.3 Å². The third-order valence-corrected chi connectivity index (χ3v) is 4.72. The molecule has 1 amide bonds. The van der Waals surface area contributed by atoms with Gasteiger partial charge in [0.2, 0.25) is 0 Å². The SMILES string of the molecule is Cc1cc(C)c2nc(-n3ncc(C#N)c3NC(=O)Oc3ccccc3)cc(C)c2c1. The molecule has 7 heteroatoms. The number of carbonyl (C=O) groups is 1. The van der Waals surface area contributed by atoms with E-state index in [-0.39, 0.29) is 11.4 Å². The van der Waals surface area contributed by atoms with E-state index >= 15 is 0 Å². The van der Waals surface area contributed by atoms with Crippen molar-refractivity contribution in [3.8, 4) is 17.6 Å². The monoisotopic (exact) mass is 397 g/mol. The van der Waals surface area contributed by atoms with Crippen molar-refractivity contribution in [1.29, 1.82) is 5.26 Å². The lowest BCUT2D eigenvalue weighted by atomic mass is 10.0. The van der Waals surface area contributed by atoms with Crippen LogP contribution in [0.5, 0.6) is 5.75 Å². The quantitative estimate of drug-likeness (QED) is 0.534. The minimum Gasteiger partial charge on any atom is -0.410 e. The number of fused-ring (bicyclic) bond motifs is 1. The Labute approximate surface area is 173 Å². The van der Waals surface area contributed by atoms with Crippen LogP contribution in [0.15, 0.2) is 54.7 Å². The van der Waals surface area contributed by atoms with Crippen molar-refractivity contribution in [2.75, 3.05) is 5.32 Å². The molecule has 0 atom stereocenters. The highest BCUT2D eigenvalue weighted by atomic mass is 16.6. The van der Waals surface area contributed by atoms with E-state index in [9.17, 15) is 10.1 Å².